The van der Waals surface area contributed by atoms with Gasteiger partial charge in [0.25, 0.3) is 0 Å². The highest BCUT2D eigenvalue weighted by Crippen LogP contribution is 2.10. The summed E-state index contributed by atoms with van der Waals surface area (Å²) in [6, 6.07) is 0. The summed E-state index contributed by atoms with van der Waals surface area (Å²) >= 11 is 0. The fourth-order valence-electron chi connectivity index (χ4n) is 1.13. The molecule has 0 bridgehead atoms. The number of tetrazole rings is 1. The number of aromatic amines is 1. The molecule has 7 nitrogen and oxygen atoms in total. The van der Waals surface area contributed by atoms with Crippen molar-refractivity contribution in [2.24, 2.45) is 7.05 Å². The van der Waals surface area contributed by atoms with E-state index in [0.717, 1.165) is 0 Å². The van der Waals surface area contributed by atoms with Crippen molar-refractivity contribution in [1.29, 1.82) is 0 Å². The Morgan fingerprint density at radius 1 is 1.64 bits per heavy atom. The first-order chi connectivity index (χ1) is 6.75. The molecule has 2 rings (SSSR count). The number of aryl methyl sites for hydroxylation is 1. The summed E-state index contributed by atoms with van der Waals surface area (Å²) in [5.74, 6) is 1.01. The molecular formula is C7H10N6O. The third-order valence-electron chi connectivity index (χ3n) is 1.76. The molecule has 74 valence electrons. The van der Waals surface area contributed by atoms with E-state index in [1.807, 2.05) is 0 Å². The summed E-state index contributed by atoms with van der Waals surface area (Å²) in [7, 11) is 1.68. The Morgan fingerprint density at radius 2 is 2.50 bits per heavy atom. The highest BCUT2D eigenvalue weighted by molar-refractivity contribution is 4.95. The SMILES string of the molecule is Cn1nnc(CC(O)c2ncc[nH]2)n1. The van der Waals surface area contributed by atoms with E-state index >= 15 is 0 Å². The van der Waals surface area contributed by atoms with Gasteiger partial charge in [-0.05, 0) is 5.21 Å². The van der Waals surface area contributed by atoms with E-state index in [9.17, 15) is 5.11 Å². The fraction of sp³-hybridized carbons (Fsp3) is 0.429. The van der Waals surface area contributed by atoms with Crippen molar-refractivity contribution in [2.75, 3.05) is 0 Å². The van der Waals surface area contributed by atoms with E-state index in [-0.39, 0.29) is 0 Å². The van der Waals surface area contributed by atoms with Gasteiger partial charge in [0.05, 0.1) is 7.05 Å². The summed E-state index contributed by atoms with van der Waals surface area (Å²) in [4.78, 5) is 8.10. The van der Waals surface area contributed by atoms with Crippen molar-refractivity contribution in [2.45, 2.75) is 12.5 Å². The lowest BCUT2D eigenvalue weighted by atomic mass is 10.2. The average molecular weight is 194 g/mol. The highest BCUT2D eigenvalue weighted by atomic mass is 16.3. The molecule has 1 atom stereocenters. The van der Waals surface area contributed by atoms with Crippen LogP contribution in [-0.2, 0) is 13.5 Å². The molecule has 0 aliphatic carbocycles. The Kier molecular flexibility index (Phi) is 2.23. The molecule has 0 saturated heterocycles. The van der Waals surface area contributed by atoms with Crippen molar-refractivity contribution in [1.82, 2.24) is 30.2 Å². The van der Waals surface area contributed by atoms with E-state index in [2.05, 4.69) is 25.4 Å². The van der Waals surface area contributed by atoms with Gasteiger partial charge in [0.15, 0.2) is 5.82 Å². The van der Waals surface area contributed by atoms with Gasteiger partial charge in [-0.1, -0.05) is 0 Å². The van der Waals surface area contributed by atoms with Crippen LogP contribution in [0.1, 0.15) is 17.8 Å². The smallest absolute Gasteiger partial charge is 0.177 e. The number of imidazole rings is 1. The van der Waals surface area contributed by atoms with Crippen LogP contribution in [0.25, 0.3) is 0 Å². The standard InChI is InChI=1S/C7H10N6O/c1-13-11-6(10-12-13)4-5(14)7-8-2-3-9-7/h2-3,5,14H,4H2,1H3,(H,8,9). The molecular weight excluding hydrogens is 184 g/mol. The van der Waals surface area contributed by atoms with Gasteiger partial charge >= 0.3 is 0 Å². The third kappa shape index (κ3) is 1.77. The predicted octanol–water partition coefficient (Wildman–Crippen LogP) is -0.791. The second-order valence-corrected chi connectivity index (χ2v) is 2.89. The molecule has 0 fully saturated rings. The first kappa shape index (κ1) is 8.82. The summed E-state index contributed by atoms with van der Waals surface area (Å²) in [5.41, 5.74) is 0. The topological polar surface area (TPSA) is 92.5 Å². The van der Waals surface area contributed by atoms with E-state index in [1.165, 1.54) is 4.80 Å². The van der Waals surface area contributed by atoms with Gasteiger partial charge in [0.1, 0.15) is 11.9 Å². The van der Waals surface area contributed by atoms with Crippen LogP contribution >= 0.6 is 0 Å². The minimum absolute atomic E-state index is 0.307. The third-order valence-corrected chi connectivity index (χ3v) is 1.76. The molecule has 0 radical (unpaired) electrons. The molecule has 0 aliphatic rings. The number of aromatic nitrogens is 6. The van der Waals surface area contributed by atoms with E-state index in [1.54, 1.807) is 19.4 Å². The molecule has 1 unspecified atom stereocenters. The first-order valence-corrected chi connectivity index (χ1v) is 4.16. The number of H-pyrrole nitrogens is 1. The zero-order valence-corrected chi connectivity index (χ0v) is 7.62. The van der Waals surface area contributed by atoms with Crippen molar-refractivity contribution in [3.63, 3.8) is 0 Å². The molecule has 2 aromatic heterocycles. The number of nitrogens with one attached hydrogen (secondary N) is 1. The minimum atomic E-state index is -0.714. The Hall–Kier alpha value is -1.76. The lowest BCUT2D eigenvalue weighted by Gasteiger charge is -2.02. The second kappa shape index (κ2) is 3.54. The van der Waals surface area contributed by atoms with Gasteiger partial charge in [0.2, 0.25) is 0 Å². The van der Waals surface area contributed by atoms with Crippen LogP contribution in [0.5, 0.6) is 0 Å². The highest BCUT2D eigenvalue weighted by Gasteiger charge is 2.13. The zero-order valence-electron chi connectivity index (χ0n) is 7.62. The van der Waals surface area contributed by atoms with Crippen LogP contribution < -0.4 is 0 Å². The van der Waals surface area contributed by atoms with Crippen LogP contribution in [0.15, 0.2) is 12.4 Å². The predicted molar refractivity (Wildman–Crippen MR) is 46.0 cm³/mol. The Bertz CT molecular complexity index is 394. The number of hydrogen-bond donors (Lipinski definition) is 2. The quantitative estimate of drug-likeness (QED) is 0.668. The summed E-state index contributed by atoms with van der Waals surface area (Å²) in [6.07, 6.45) is 2.83. The number of nitrogens with zero attached hydrogens (tertiary/aromatic N) is 5. The van der Waals surface area contributed by atoms with Crippen LogP contribution in [0.4, 0.5) is 0 Å². The zero-order chi connectivity index (χ0) is 9.97. The van der Waals surface area contributed by atoms with Crippen molar-refractivity contribution >= 4 is 0 Å². The molecule has 7 heteroatoms. The largest absolute Gasteiger partial charge is 0.385 e. The summed E-state index contributed by atoms with van der Waals surface area (Å²) in [6.45, 7) is 0. The van der Waals surface area contributed by atoms with Gasteiger partial charge in [-0.15, -0.1) is 10.2 Å². The van der Waals surface area contributed by atoms with Gasteiger partial charge in [-0.25, -0.2) is 4.98 Å². The van der Waals surface area contributed by atoms with Crippen molar-refractivity contribution < 1.29 is 5.11 Å². The number of aliphatic hydroxyl groups is 1. The molecule has 0 saturated carbocycles. The lowest BCUT2D eigenvalue weighted by Crippen LogP contribution is -2.05. The average Bonchev–Trinajstić information content (AvgIpc) is 2.75. The molecule has 0 aromatic carbocycles. The lowest BCUT2D eigenvalue weighted by molar-refractivity contribution is 0.166. The number of hydrogen-bond acceptors (Lipinski definition) is 5. The maximum absolute atomic E-state index is 9.66. The number of aliphatic hydroxyl groups excluding tert-OH is 1. The van der Waals surface area contributed by atoms with E-state index in [4.69, 9.17) is 0 Å². The van der Waals surface area contributed by atoms with Crippen LogP contribution in [0.3, 0.4) is 0 Å². The fourth-order valence-corrected chi connectivity index (χ4v) is 1.13. The maximum atomic E-state index is 9.66. The molecule has 2 aromatic rings. The second-order valence-electron chi connectivity index (χ2n) is 2.89. The number of rotatable bonds is 3. The van der Waals surface area contributed by atoms with Crippen LogP contribution in [0.2, 0.25) is 0 Å². The van der Waals surface area contributed by atoms with Crippen LogP contribution in [0, 0.1) is 0 Å². The summed E-state index contributed by atoms with van der Waals surface area (Å²) < 4.78 is 0. The molecule has 2 heterocycles. The van der Waals surface area contributed by atoms with Gasteiger partial charge < -0.3 is 10.1 Å². The summed E-state index contributed by atoms with van der Waals surface area (Å²) in [5, 5.41) is 21.0. The van der Waals surface area contributed by atoms with Crippen molar-refractivity contribution in [3.05, 3.63) is 24.0 Å². The Balaban J connectivity index is 2.05. The normalized spacial score (nSPS) is 13.0. The van der Waals surface area contributed by atoms with Crippen molar-refractivity contribution in [3.8, 4) is 0 Å². The maximum Gasteiger partial charge on any atom is 0.177 e. The molecule has 0 aliphatic heterocycles. The van der Waals surface area contributed by atoms with E-state index in [0.29, 0.717) is 18.1 Å². The minimum Gasteiger partial charge on any atom is -0.385 e. The Morgan fingerprint density at radius 3 is 3.07 bits per heavy atom. The van der Waals surface area contributed by atoms with Crippen LogP contribution in [-0.4, -0.2) is 35.3 Å². The Labute approximate surface area is 79.8 Å². The molecule has 14 heavy (non-hydrogen) atoms. The molecule has 0 amide bonds. The monoisotopic (exact) mass is 194 g/mol. The van der Waals surface area contributed by atoms with Gasteiger partial charge in [-0.2, -0.15) is 4.80 Å². The first-order valence-electron chi connectivity index (χ1n) is 4.16. The van der Waals surface area contributed by atoms with Gasteiger partial charge in [0, 0.05) is 18.8 Å². The van der Waals surface area contributed by atoms with Gasteiger partial charge in [-0.3, -0.25) is 0 Å². The molecule has 2 N–H and O–H groups in total. The molecule has 0 spiro atoms. The van der Waals surface area contributed by atoms with E-state index < -0.39 is 6.10 Å².